The van der Waals surface area contributed by atoms with Crippen molar-refractivity contribution in [2.24, 2.45) is 5.92 Å². The lowest BCUT2D eigenvalue weighted by molar-refractivity contribution is 0.289. The van der Waals surface area contributed by atoms with E-state index in [0.717, 1.165) is 0 Å². The van der Waals surface area contributed by atoms with Crippen LogP contribution < -0.4 is 0 Å². The first-order valence-electron chi connectivity index (χ1n) is 7.67. The molecule has 0 aromatic carbocycles. The molecule has 19 heavy (non-hydrogen) atoms. The van der Waals surface area contributed by atoms with Gasteiger partial charge in [-0.3, -0.25) is 0 Å². The minimum absolute atomic E-state index is 0.636. The predicted molar refractivity (Wildman–Crippen MR) is 79.3 cm³/mol. The fourth-order valence-corrected chi connectivity index (χ4v) is 3.98. The molecule has 1 nitrogen and oxygen atoms in total. The molecule has 2 unspecified atom stereocenters. The Labute approximate surface area is 115 Å². The zero-order chi connectivity index (χ0) is 12.7. The quantitative estimate of drug-likeness (QED) is 0.621. The molecule has 0 radical (unpaired) electrons. The molecule has 0 aromatic rings. The van der Waals surface area contributed by atoms with Crippen molar-refractivity contribution >= 4 is 0 Å². The summed E-state index contributed by atoms with van der Waals surface area (Å²) in [7, 11) is 0. The molecule has 0 aromatic heterocycles. The minimum Gasteiger partial charge on any atom is -0.341 e. The van der Waals surface area contributed by atoms with Crippen molar-refractivity contribution in [1.82, 2.24) is 4.90 Å². The number of nitrogens with zero attached hydrogens (tertiary/aromatic N) is 1. The van der Waals surface area contributed by atoms with E-state index in [1.807, 2.05) is 0 Å². The Morgan fingerprint density at radius 2 is 1.89 bits per heavy atom. The van der Waals surface area contributed by atoms with Gasteiger partial charge in [0.25, 0.3) is 0 Å². The average molecular weight is 251 g/mol. The van der Waals surface area contributed by atoms with Gasteiger partial charge in [0.15, 0.2) is 0 Å². The summed E-state index contributed by atoms with van der Waals surface area (Å²) >= 11 is 0. The zero-order valence-corrected chi connectivity index (χ0v) is 11.4. The first kappa shape index (κ1) is 11.3. The summed E-state index contributed by atoms with van der Waals surface area (Å²) in [5.41, 5.74) is 4.64. The third-order valence-corrected chi connectivity index (χ3v) is 4.80. The second kappa shape index (κ2) is 4.56. The van der Waals surface area contributed by atoms with Crippen molar-refractivity contribution in [1.29, 1.82) is 0 Å². The fraction of sp³-hybridized carbons (Fsp3) is 0.444. The average Bonchev–Trinajstić information content (AvgIpc) is 2.83. The molecule has 98 valence electrons. The lowest BCUT2D eigenvalue weighted by Crippen LogP contribution is -2.34. The lowest BCUT2D eigenvalue weighted by Gasteiger charge is -2.34. The van der Waals surface area contributed by atoms with Gasteiger partial charge in [-0.1, -0.05) is 36.5 Å². The van der Waals surface area contributed by atoms with Crippen LogP contribution in [0.2, 0.25) is 0 Å². The third-order valence-electron chi connectivity index (χ3n) is 4.80. The molecule has 4 aliphatic rings. The van der Waals surface area contributed by atoms with Crippen LogP contribution in [0.3, 0.4) is 0 Å². The maximum Gasteiger partial charge on any atom is 0.0445 e. The van der Waals surface area contributed by atoms with E-state index < -0.39 is 0 Å². The van der Waals surface area contributed by atoms with E-state index >= 15 is 0 Å². The van der Waals surface area contributed by atoms with Crippen LogP contribution in [0.25, 0.3) is 0 Å². The van der Waals surface area contributed by atoms with Crippen LogP contribution in [0.4, 0.5) is 0 Å². The molecule has 0 amide bonds. The van der Waals surface area contributed by atoms with Crippen molar-refractivity contribution in [2.75, 3.05) is 0 Å². The smallest absolute Gasteiger partial charge is 0.0445 e. The van der Waals surface area contributed by atoms with E-state index in [-0.39, 0.29) is 0 Å². The second-order valence-electron chi connectivity index (χ2n) is 5.92. The van der Waals surface area contributed by atoms with E-state index in [1.165, 1.54) is 44.2 Å². The lowest BCUT2D eigenvalue weighted by atomic mass is 9.85. The molecule has 0 spiro atoms. The van der Waals surface area contributed by atoms with Crippen LogP contribution in [-0.2, 0) is 0 Å². The van der Waals surface area contributed by atoms with Gasteiger partial charge in [-0.25, -0.2) is 0 Å². The summed E-state index contributed by atoms with van der Waals surface area (Å²) in [6.07, 6.45) is 24.0. The zero-order valence-electron chi connectivity index (χ0n) is 11.4. The molecule has 1 aliphatic heterocycles. The number of rotatable bonds is 1. The second-order valence-corrected chi connectivity index (χ2v) is 5.92. The molecular weight excluding hydrogens is 230 g/mol. The van der Waals surface area contributed by atoms with Gasteiger partial charge in [-0.15, -0.1) is 0 Å². The van der Waals surface area contributed by atoms with E-state index in [9.17, 15) is 0 Å². The normalized spacial score (nSPS) is 32.4. The summed E-state index contributed by atoms with van der Waals surface area (Å²) in [5, 5.41) is 0. The topological polar surface area (TPSA) is 3.24 Å². The largest absolute Gasteiger partial charge is 0.341 e. The molecule has 0 saturated heterocycles. The van der Waals surface area contributed by atoms with Gasteiger partial charge in [0.05, 0.1) is 0 Å². The maximum atomic E-state index is 2.67. The highest BCUT2D eigenvalue weighted by molar-refractivity contribution is 5.44. The Morgan fingerprint density at radius 1 is 0.947 bits per heavy atom. The number of hydrogen-bond donors (Lipinski definition) is 0. The highest BCUT2D eigenvalue weighted by Gasteiger charge is 2.40. The van der Waals surface area contributed by atoms with E-state index in [2.05, 4.69) is 47.4 Å². The van der Waals surface area contributed by atoms with Crippen LogP contribution in [0.15, 0.2) is 59.5 Å². The van der Waals surface area contributed by atoms with Crippen molar-refractivity contribution in [3.05, 3.63) is 59.5 Å². The summed E-state index contributed by atoms with van der Waals surface area (Å²) in [5.74, 6) is 0.636. The molecule has 0 saturated carbocycles. The molecule has 3 aliphatic carbocycles. The summed E-state index contributed by atoms with van der Waals surface area (Å²) < 4.78 is 0. The van der Waals surface area contributed by atoms with Crippen molar-refractivity contribution in [3.63, 3.8) is 0 Å². The Morgan fingerprint density at radius 3 is 2.79 bits per heavy atom. The standard InChI is InChI=1S/C18H21N/c1-2-8-14(9-3-1)19-17-12-6-4-10-15(17)16-11-5-7-13-18(16)19/h2,4-5,8-11,15,17H,1,3,6-7,12-13H2. The van der Waals surface area contributed by atoms with Crippen molar-refractivity contribution in [3.8, 4) is 0 Å². The third kappa shape index (κ3) is 1.75. The van der Waals surface area contributed by atoms with Gasteiger partial charge in [0.1, 0.15) is 0 Å². The monoisotopic (exact) mass is 251 g/mol. The highest BCUT2D eigenvalue weighted by Crippen LogP contribution is 2.46. The Balaban J connectivity index is 1.78. The van der Waals surface area contributed by atoms with Gasteiger partial charge >= 0.3 is 0 Å². The first-order chi connectivity index (χ1) is 9.45. The molecule has 4 rings (SSSR count). The SMILES string of the molecule is C1=CC(N2C3=C(C=CCC3)C3C=CCCC32)=CCC1. The first-order valence-corrected chi connectivity index (χ1v) is 7.67. The Hall–Kier alpha value is -1.50. The molecule has 0 fully saturated rings. The Kier molecular flexibility index (Phi) is 2.72. The van der Waals surface area contributed by atoms with E-state index in [0.29, 0.717) is 12.0 Å². The van der Waals surface area contributed by atoms with Crippen molar-refractivity contribution < 1.29 is 0 Å². The van der Waals surface area contributed by atoms with Gasteiger partial charge in [-0.05, 0) is 50.2 Å². The van der Waals surface area contributed by atoms with E-state index in [1.54, 1.807) is 11.3 Å². The summed E-state index contributed by atoms with van der Waals surface area (Å²) in [4.78, 5) is 2.67. The predicted octanol–water partition coefficient (Wildman–Crippen LogP) is 4.47. The van der Waals surface area contributed by atoms with Crippen LogP contribution in [0.1, 0.15) is 38.5 Å². The van der Waals surface area contributed by atoms with Gasteiger partial charge in [-0.2, -0.15) is 0 Å². The minimum atomic E-state index is 0.636. The van der Waals surface area contributed by atoms with Crippen LogP contribution in [0.5, 0.6) is 0 Å². The molecule has 0 N–H and O–H groups in total. The number of allylic oxidation sites excluding steroid dienone is 7. The van der Waals surface area contributed by atoms with Gasteiger partial charge in [0, 0.05) is 23.4 Å². The van der Waals surface area contributed by atoms with E-state index in [4.69, 9.17) is 0 Å². The highest BCUT2D eigenvalue weighted by atomic mass is 15.2. The molecule has 1 heterocycles. The molecule has 0 bridgehead atoms. The Bertz CT molecular complexity index is 530. The summed E-state index contributed by atoms with van der Waals surface area (Å²) in [6, 6.07) is 0.673. The number of fused-ring (bicyclic) bond motifs is 2. The van der Waals surface area contributed by atoms with Gasteiger partial charge < -0.3 is 4.90 Å². The van der Waals surface area contributed by atoms with Crippen molar-refractivity contribution in [2.45, 2.75) is 44.6 Å². The number of hydrogen-bond acceptors (Lipinski definition) is 1. The van der Waals surface area contributed by atoms with Gasteiger partial charge in [0.2, 0.25) is 0 Å². The fourth-order valence-electron chi connectivity index (χ4n) is 3.98. The molecular formula is C18H21N. The summed E-state index contributed by atoms with van der Waals surface area (Å²) in [6.45, 7) is 0. The maximum absolute atomic E-state index is 2.67. The molecule has 1 heteroatoms. The molecule has 2 atom stereocenters. The van der Waals surface area contributed by atoms with Crippen LogP contribution in [-0.4, -0.2) is 10.9 Å². The van der Waals surface area contributed by atoms with Crippen LogP contribution in [0, 0.1) is 5.92 Å². The van der Waals surface area contributed by atoms with Crippen LogP contribution >= 0.6 is 0 Å².